The summed E-state index contributed by atoms with van der Waals surface area (Å²) >= 11 is 0. The van der Waals surface area contributed by atoms with Crippen molar-refractivity contribution in [3.8, 4) is 5.69 Å². The molecule has 2 N–H and O–H groups in total. The van der Waals surface area contributed by atoms with E-state index in [9.17, 15) is 9.59 Å². The predicted octanol–water partition coefficient (Wildman–Crippen LogP) is 1.06. The minimum absolute atomic E-state index is 0.177. The van der Waals surface area contributed by atoms with E-state index >= 15 is 0 Å². The van der Waals surface area contributed by atoms with E-state index in [1.165, 1.54) is 6.92 Å². The first-order chi connectivity index (χ1) is 10.6. The summed E-state index contributed by atoms with van der Waals surface area (Å²) < 4.78 is 1.79. The van der Waals surface area contributed by atoms with Gasteiger partial charge in [-0.05, 0) is 37.1 Å². The molecule has 0 aliphatic carbocycles. The summed E-state index contributed by atoms with van der Waals surface area (Å²) in [4.78, 5) is 22.6. The van der Waals surface area contributed by atoms with Crippen LogP contribution in [0.2, 0.25) is 0 Å². The average Bonchev–Trinajstić information content (AvgIpc) is 3.01. The number of benzene rings is 1. The number of nitrogens with zero attached hydrogens (tertiary/aromatic N) is 2. The Bertz CT molecular complexity index is 620. The summed E-state index contributed by atoms with van der Waals surface area (Å²) in [5.41, 5.74) is 2.13. The largest absolute Gasteiger partial charge is 0.354 e. The molecule has 22 heavy (non-hydrogen) atoms. The molecule has 0 aliphatic heterocycles. The number of hydrogen-bond donors (Lipinski definition) is 2. The van der Waals surface area contributed by atoms with Gasteiger partial charge in [-0.25, -0.2) is 4.68 Å². The lowest BCUT2D eigenvalue weighted by Gasteiger charge is -2.12. The minimum Gasteiger partial charge on any atom is -0.354 e. The second-order valence-corrected chi connectivity index (χ2v) is 5.08. The molecule has 1 heterocycles. The SMILES string of the molecule is CC(=O)NC(C)C(=O)NCCc1ccc(-n2cccn2)cc1. The highest BCUT2D eigenvalue weighted by atomic mass is 16.2. The first-order valence-electron chi connectivity index (χ1n) is 7.20. The van der Waals surface area contributed by atoms with Gasteiger partial charge in [-0.1, -0.05) is 12.1 Å². The maximum absolute atomic E-state index is 11.7. The molecular weight excluding hydrogens is 280 g/mol. The zero-order valence-corrected chi connectivity index (χ0v) is 12.7. The summed E-state index contributed by atoms with van der Waals surface area (Å²) in [6.45, 7) is 3.59. The van der Waals surface area contributed by atoms with E-state index in [1.54, 1.807) is 17.8 Å². The lowest BCUT2D eigenvalue weighted by Crippen LogP contribution is -2.44. The zero-order chi connectivity index (χ0) is 15.9. The van der Waals surface area contributed by atoms with Crippen LogP contribution in [-0.2, 0) is 16.0 Å². The Morgan fingerprint density at radius 2 is 2.00 bits per heavy atom. The van der Waals surface area contributed by atoms with Crippen molar-refractivity contribution in [1.29, 1.82) is 0 Å². The summed E-state index contributed by atoms with van der Waals surface area (Å²) in [5, 5.41) is 9.53. The highest BCUT2D eigenvalue weighted by Crippen LogP contribution is 2.08. The van der Waals surface area contributed by atoms with Crippen LogP contribution >= 0.6 is 0 Å². The molecule has 0 bridgehead atoms. The van der Waals surface area contributed by atoms with Gasteiger partial charge in [0, 0.05) is 25.9 Å². The quantitative estimate of drug-likeness (QED) is 0.837. The molecule has 6 nitrogen and oxygen atoms in total. The van der Waals surface area contributed by atoms with Gasteiger partial charge in [0.2, 0.25) is 11.8 Å². The number of nitrogens with one attached hydrogen (secondary N) is 2. The van der Waals surface area contributed by atoms with Gasteiger partial charge in [0.1, 0.15) is 6.04 Å². The number of carbonyl (C=O) groups excluding carboxylic acids is 2. The van der Waals surface area contributed by atoms with Gasteiger partial charge >= 0.3 is 0 Å². The van der Waals surface area contributed by atoms with Crippen LogP contribution in [0.15, 0.2) is 42.7 Å². The molecule has 1 aromatic carbocycles. The molecule has 0 fully saturated rings. The Balaban J connectivity index is 1.80. The Hall–Kier alpha value is -2.63. The molecule has 1 atom stereocenters. The van der Waals surface area contributed by atoms with Crippen LogP contribution in [0.4, 0.5) is 0 Å². The maximum Gasteiger partial charge on any atom is 0.242 e. The molecular formula is C16H20N4O2. The topological polar surface area (TPSA) is 76.0 Å². The van der Waals surface area contributed by atoms with Crippen molar-refractivity contribution in [3.63, 3.8) is 0 Å². The van der Waals surface area contributed by atoms with Crippen molar-refractivity contribution in [3.05, 3.63) is 48.3 Å². The minimum atomic E-state index is -0.514. The fourth-order valence-electron chi connectivity index (χ4n) is 2.09. The molecule has 2 amide bonds. The third-order valence-electron chi connectivity index (χ3n) is 3.23. The van der Waals surface area contributed by atoms with Gasteiger partial charge in [0.25, 0.3) is 0 Å². The first-order valence-corrected chi connectivity index (χ1v) is 7.20. The smallest absolute Gasteiger partial charge is 0.242 e. The molecule has 0 spiro atoms. The van der Waals surface area contributed by atoms with Gasteiger partial charge in [-0.2, -0.15) is 5.10 Å². The van der Waals surface area contributed by atoms with Crippen LogP contribution in [0.25, 0.3) is 5.69 Å². The Morgan fingerprint density at radius 3 is 2.59 bits per heavy atom. The molecule has 0 saturated carbocycles. The van der Waals surface area contributed by atoms with Crippen molar-refractivity contribution >= 4 is 11.8 Å². The van der Waals surface area contributed by atoms with E-state index < -0.39 is 6.04 Å². The van der Waals surface area contributed by atoms with Crippen LogP contribution in [0.3, 0.4) is 0 Å². The molecule has 0 radical (unpaired) electrons. The van der Waals surface area contributed by atoms with E-state index in [1.807, 2.05) is 36.5 Å². The maximum atomic E-state index is 11.7. The molecule has 1 aromatic heterocycles. The number of carbonyl (C=O) groups is 2. The van der Waals surface area contributed by atoms with Crippen LogP contribution in [0.1, 0.15) is 19.4 Å². The number of amides is 2. The highest BCUT2D eigenvalue weighted by molar-refractivity contribution is 5.86. The summed E-state index contributed by atoms with van der Waals surface area (Å²) in [5.74, 6) is -0.389. The molecule has 1 unspecified atom stereocenters. The Labute approximate surface area is 129 Å². The number of hydrogen-bond acceptors (Lipinski definition) is 3. The van der Waals surface area contributed by atoms with Gasteiger partial charge < -0.3 is 10.6 Å². The normalized spacial score (nSPS) is 11.7. The average molecular weight is 300 g/mol. The second-order valence-electron chi connectivity index (χ2n) is 5.08. The van der Waals surface area contributed by atoms with Crippen LogP contribution < -0.4 is 10.6 Å². The van der Waals surface area contributed by atoms with E-state index in [0.29, 0.717) is 6.54 Å². The van der Waals surface area contributed by atoms with Crippen LogP contribution in [0, 0.1) is 0 Å². The van der Waals surface area contributed by atoms with Gasteiger partial charge in [0.15, 0.2) is 0 Å². The van der Waals surface area contributed by atoms with Crippen molar-refractivity contribution in [2.75, 3.05) is 6.54 Å². The van der Waals surface area contributed by atoms with Crippen molar-refractivity contribution in [2.45, 2.75) is 26.3 Å². The lowest BCUT2D eigenvalue weighted by molar-refractivity contribution is -0.127. The monoisotopic (exact) mass is 300 g/mol. The molecule has 6 heteroatoms. The molecule has 0 saturated heterocycles. The molecule has 0 aliphatic rings. The highest BCUT2D eigenvalue weighted by Gasteiger charge is 2.12. The van der Waals surface area contributed by atoms with Crippen LogP contribution in [-0.4, -0.2) is 34.2 Å². The van der Waals surface area contributed by atoms with Gasteiger partial charge in [0.05, 0.1) is 5.69 Å². The summed E-state index contributed by atoms with van der Waals surface area (Å²) in [7, 11) is 0. The number of rotatable bonds is 6. The van der Waals surface area contributed by atoms with Crippen molar-refractivity contribution < 1.29 is 9.59 Å². The Kier molecular flexibility index (Phi) is 5.30. The fraction of sp³-hybridized carbons (Fsp3) is 0.312. The first kappa shape index (κ1) is 15.8. The zero-order valence-electron chi connectivity index (χ0n) is 12.7. The van der Waals surface area contributed by atoms with E-state index in [-0.39, 0.29) is 11.8 Å². The standard InChI is InChI=1S/C16H20N4O2/c1-12(19-13(2)21)16(22)17-10-8-14-4-6-15(7-5-14)20-11-3-9-18-20/h3-7,9,11-12H,8,10H2,1-2H3,(H,17,22)(H,19,21). The summed E-state index contributed by atoms with van der Waals surface area (Å²) in [6.07, 6.45) is 4.36. The number of aromatic nitrogens is 2. The van der Waals surface area contributed by atoms with Crippen molar-refractivity contribution in [2.24, 2.45) is 0 Å². The molecule has 2 aromatic rings. The van der Waals surface area contributed by atoms with Gasteiger partial charge in [-0.3, -0.25) is 9.59 Å². The van der Waals surface area contributed by atoms with E-state index in [4.69, 9.17) is 0 Å². The van der Waals surface area contributed by atoms with Crippen LogP contribution in [0.5, 0.6) is 0 Å². The van der Waals surface area contributed by atoms with E-state index in [0.717, 1.165) is 17.7 Å². The Morgan fingerprint density at radius 1 is 1.27 bits per heavy atom. The lowest BCUT2D eigenvalue weighted by atomic mass is 10.1. The predicted molar refractivity (Wildman–Crippen MR) is 83.6 cm³/mol. The molecule has 2 rings (SSSR count). The molecule has 116 valence electrons. The third kappa shape index (κ3) is 4.44. The summed E-state index contributed by atoms with van der Waals surface area (Å²) in [6, 6.07) is 9.37. The van der Waals surface area contributed by atoms with E-state index in [2.05, 4.69) is 15.7 Å². The fourth-order valence-corrected chi connectivity index (χ4v) is 2.09. The van der Waals surface area contributed by atoms with Gasteiger partial charge in [-0.15, -0.1) is 0 Å². The second kappa shape index (κ2) is 7.40. The third-order valence-corrected chi connectivity index (χ3v) is 3.23. The van der Waals surface area contributed by atoms with Crippen molar-refractivity contribution in [1.82, 2.24) is 20.4 Å².